The van der Waals surface area contributed by atoms with Crippen molar-refractivity contribution in [2.75, 3.05) is 19.6 Å². The van der Waals surface area contributed by atoms with Crippen molar-refractivity contribution >= 4 is 5.91 Å². The van der Waals surface area contributed by atoms with Gasteiger partial charge in [0.05, 0.1) is 5.41 Å². The van der Waals surface area contributed by atoms with Crippen LogP contribution >= 0.6 is 0 Å². The molecule has 2 N–H and O–H groups in total. The predicted octanol–water partition coefficient (Wildman–Crippen LogP) is 2.75. The maximum Gasteiger partial charge on any atom is 0.227 e. The molecule has 3 aliphatic rings. The van der Waals surface area contributed by atoms with Gasteiger partial charge in [-0.25, -0.2) is 4.39 Å². The lowest BCUT2D eigenvalue weighted by molar-refractivity contribution is -0.134. The summed E-state index contributed by atoms with van der Waals surface area (Å²) in [4.78, 5) is 13.0. The highest BCUT2D eigenvalue weighted by atomic mass is 19.1. The first-order valence-electron chi connectivity index (χ1n) is 8.90. The van der Waals surface area contributed by atoms with Crippen LogP contribution in [0, 0.1) is 17.2 Å². The van der Waals surface area contributed by atoms with Gasteiger partial charge in [-0.1, -0.05) is 25.0 Å². The van der Waals surface area contributed by atoms with Crippen molar-refractivity contribution in [1.29, 1.82) is 0 Å². The number of carbonyl (C=O) groups is 1. The number of carbonyl (C=O) groups excluding carboxylic acids is 1. The van der Waals surface area contributed by atoms with E-state index in [-0.39, 0.29) is 22.6 Å². The van der Waals surface area contributed by atoms with Crippen molar-refractivity contribution in [3.63, 3.8) is 0 Å². The SMILES string of the molecule is O=C(NCC1(c2ccc(F)cc2)CC1)[C@@]12CCCC[C@H]1CNC2. The molecule has 2 saturated carbocycles. The molecule has 1 amide bonds. The van der Waals surface area contributed by atoms with Crippen molar-refractivity contribution in [1.82, 2.24) is 10.6 Å². The van der Waals surface area contributed by atoms with Gasteiger partial charge in [0.25, 0.3) is 0 Å². The Morgan fingerprint density at radius 3 is 2.74 bits per heavy atom. The van der Waals surface area contributed by atoms with Crippen molar-refractivity contribution in [3.05, 3.63) is 35.6 Å². The second-order valence-electron chi connectivity index (χ2n) is 7.70. The standard InChI is InChI=1S/C19H25FN2O/c20-16-6-4-14(5-7-16)18(9-10-18)12-22-17(23)19-8-2-1-3-15(19)11-21-13-19/h4-7,15,21H,1-3,8-13H2,(H,22,23)/t15-,19+/m0/s1. The summed E-state index contributed by atoms with van der Waals surface area (Å²) in [6.45, 7) is 2.50. The molecule has 0 spiro atoms. The van der Waals surface area contributed by atoms with Crippen LogP contribution in [0.1, 0.15) is 44.1 Å². The molecule has 1 aliphatic heterocycles. The summed E-state index contributed by atoms with van der Waals surface area (Å²) in [7, 11) is 0. The smallest absolute Gasteiger partial charge is 0.227 e. The summed E-state index contributed by atoms with van der Waals surface area (Å²) >= 11 is 0. The Morgan fingerprint density at radius 1 is 1.22 bits per heavy atom. The zero-order valence-electron chi connectivity index (χ0n) is 13.5. The second kappa shape index (κ2) is 5.59. The molecule has 0 aromatic heterocycles. The van der Waals surface area contributed by atoms with Crippen LogP contribution in [0.4, 0.5) is 4.39 Å². The molecule has 1 heterocycles. The van der Waals surface area contributed by atoms with Crippen molar-refractivity contribution in [3.8, 4) is 0 Å². The lowest BCUT2D eigenvalue weighted by Crippen LogP contribution is -2.49. The third-order valence-corrected chi connectivity index (χ3v) is 6.39. The third-order valence-electron chi connectivity index (χ3n) is 6.39. The minimum absolute atomic E-state index is 0.0379. The Hall–Kier alpha value is -1.42. The molecule has 0 radical (unpaired) electrons. The molecule has 1 aromatic carbocycles. The first-order valence-corrected chi connectivity index (χ1v) is 8.90. The van der Waals surface area contributed by atoms with E-state index in [1.165, 1.54) is 25.0 Å². The van der Waals surface area contributed by atoms with Crippen molar-refractivity contribution in [2.24, 2.45) is 11.3 Å². The molecule has 4 heteroatoms. The van der Waals surface area contributed by atoms with E-state index in [9.17, 15) is 9.18 Å². The van der Waals surface area contributed by atoms with Gasteiger partial charge in [0, 0.05) is 18.5 Å². The first kappa shape index (κ1) is 15.1. The number of halogens is 1. The number of nitrogens with one attached hydrogen (secondary N) is 2. The minimum atomic E-state index is -0.199. The van der Waals surface area contributed by atoms with E-state index in [1.54, 1.807) is 0 Å². The van der Waals surface area contributed by atoms with E-state index < -0.39 is 0 Å². The third kappa shape index (κ3) is 2.57. The zero-order valence-corrected chi connectivity index (χ0v) is 13.5. The topological polar surface area (TPSA) is 41.1 Å². The monoisotopic (exact) mass is 316 g/mol. The Labute approximate surface area is 137 Å². The van der Waals surface area contributed by atoms with Crippen LogP contribution in [0.5, 0.6) is 0 Å². The molecule has 1 saturated heterocycles. The Kier molecular flexibility index (Phi) is 3.67. The minimum Gasteiger partial charge on any atom is -0.355 e. The Morgan fingerprint density at radius 2 is 2.00 bits per heavy atom. The summed E-state index contributed by atoms with van der Waals surface area (Å²) < 4.78 is 13.1. The van der Waals surface area contributed by atoms with Gasteiger partial charge < -0.3 is 10.6 Å². The summed E-state index contributed by atoms with van der Waals surface area (Å²) in [5.74, 6) is 0.535. The fourth-order valence-corrected chi connectivity index (χ4v) is 4.64. The van der Waals surface area contributed by atoms with E-state index in [0.717, 1.165) is 44.3 Å². The highest BCUT2D eigenvalue weighted by Gasteiger charge is 2.51. The molecule has 3 nitrogen and oxygen atoms in total. The number of amides is 1. The van der Waals surface area contributed by atoms with E-state index in [1.807, 2.05) is 12.1 Å². The number of hydrogen-bond acceptors (Lipinski definition) is 2. The van der Waals surface area contributed by atoms with Gasteiger partial charge in [-0.15, -0.1) is 0 Å². The van der Waals surface area contributed by atoms with Crippen molar-refractivity contribution in [2.45, 2.75) is 43.9 Å². The van der Waals surface area contributed by atoms with Gasteiger partial charge in [0.2, 0.25) is 5.91 Å². The van der Waals surface area contributed by atoms with Crippen LogP contribution < -0.4 is 10.6 Å². The molecule has 1 aromatic rings. The molecular formula is C19H25FN2O. The van der Waals surface area contributed by atoms with E-state index >= 15 is 0 Å². The highest BCUT2D eigenvalue weighted by Crippen LogP contribution is 2.48. The number of rotatable bonds is 4. The largest absolute Gasteiger partial charge is 0.355 e. The zero-order chi connectivity index (χ0) is 15.9. The second-order valence-corrected chi connectivity index (χ2v) is 7.70. The van der Waals surface area contributed by atoms with Crippen LogP contribution in [0.3, 0.4) is 0 Å². The summed E-state index contributed by atoms with van der Waals surface area (Å²) in [6, 6.07) is 6.78. The maximum absolute atomic E-state index is 13.1. The van der Waals surface area contributed by atoms with Gasteiger partial charge in [0.15, 0.2) is 0 Å². The van der Waals surface area contributed by atoms with Crippen LogP contribution in [0.2, 0.25) is 0 Å². The maximum atomic E-state index is 13.1. The predicted molar refractivity (Wildman–Crippen MR) is 87.6 cm³/mol. The molecule has 4 rings (SSSR count). The number of benzene rings is 1. The van der Waals surface area contributed by atoms with Gasteiger partial charge in [-0.05, 0) is 55.8 Å². The fraction of sp³-hybridized carbons (Fsp3) is 0.632. The average molecular weight is 316 g/mol. The first-order chi connectivity index (χ1) is 11.1. The van der Waals surface area contributed by atoms with Crippen LogP contribution in [0.15, 0.2) is 24.3 Å². The fourth-order valence-electron chi connectivity index (χ4n) is 4.64. The quantitative estimate of drug-likeness (QED) is 0.897. The molecular weight excluding hydrogens is 291 g/mol. The lowest BCUT2D eigenvalue weighted by atomic mass is 9.67. The van der Waals surface area contributed by atoms with E-state index in [0.29, 0.717) is 12.5 Å². The summed E-state index contributed by atoms with van der Waals surface area (Å²) in [5, 5.41) is 6.69. The summed E-state index contributed by atoms with van der Waals surface area (Å²) in [5.41, 5.74) is 1.01. The van der Waals surface area contributed by atoms with Gasteiger partial charge in [-0.3, -0.25) is 4.79 Å². The molecule has 3 fully saturated rings. The van der Waals surface area contributed by atoms with Gasteiger partial charge >= 0.3 is 0 Å². The highest BCUT2D eigenvalue weighted by molar-refractivity contribution is 5.84. The van der Waals surface area contributed by atoms with Crippen LogP contribution in [0.25, 0.3) is 0 Å². The normalized spacial score (nSPS) is 31.4. The Balaban J connectivity index is 1.44. The van der Waals surface area contributed by atoms with Crippen LogP contribution in [-0.4, -0.2) is 25.5 Å². The summed E-state index contributed by atoms with van der Waals surface area (Å²) in [6.07, 6.45) is 6.75. The number of fused-ring (bicyclic) bond motifs is 1. The van der Waals surface area contributed by atoms with Crippen molar-refractivity contribution < 1.29 is 9.18 Å². The van der Waals surface area contributed by atoms with Crippen LogP contribution in [-0.2, 0) is 10.2 Å². The van der Waals surface area contributed by atoms with E-state index in [4.69, 9.17) is 0 Å². The Bertz CT molecular complexity index is 596. The van der Waals surface area contributed by atoms with E-state index in [2.05, 4.69) is 10.6 Å². The molecule has 23 heavy (non-hydrogen) atoms. The molecule has 0 bridgehead atoms. The molecule has 124 valence electrons. The molecule has 0 unspecified atom stereocenters. The molecule has 2 aliphatic carbocycles. The van der Waals surface area contributed by atoms with Gasteiger partial charge in [-0.2, -0.15) is 0 Å². The van der Waals surface area contributed by atoms with Gasteiger partial charge in [0.1, 0.15) is 5.82 Å². The lowest BCUT2D eigenvalue weighted by Gasteiger charge is -2.37. The average Bonchev–Trinajstić information content (AvgIpc) is 3.23. The number of hydrogen-bond donors (Lipinski definition) is 2. The molecule has 2 atom stereocenters.